The molecule has 1 amide bonds. The van der Waals surface area contributed by atoms with Crippen LogP contribution in [0.15, 0.2) is 16.9 Å². The van der Waals surface area contributed by atoms with Crippen LogP contribution in [0.1, 0.15) is 36.3 Å². The number of carbonyl (C=O) groups excluding carboxylic acids is 2. The second-order valence-corrected chi connectivity index (χ2v) is 7.47. The maximum atomic E-state index is 12.8. The molecule has 0 aromatic carbocycles. The number of carbonyl (C=O) groups is 2. The number of aromatic amines is 1. The quantitative estimate of drug-likeness (QED) is 0.835. The van der Waals surface area contributed by atoms with Gasteiger partial charge in [0, 0.05) is 30.4 Å². The summed E-state index contributed by atoms with van der Waals surface area (Å²) in [7, 11) is 1.39. The average Bonchev–Trinajstić information content (AvgIpc) is 2.80. The van der Waals surface area contributed by atoms with Gasteiger partial charge in [0.15, 0.2) is 0 Å². The van der Waals surface area contributed by atoms with Crippen LogP contribution in [0.4, 0.5) is 0 Å². The van der Waals surface area contributed by atoms with Gasteiger partial charge in [0.1, 0.15) is 0 Å². The lowest BCUT2D eigenvalue weighted by Gasteiger charge is -2.54. The largest absolute Gasteiger partial charge is 0.469 e. The van der Waals surface area contributed by atoms with Crippen molar-refractivity contribution >= 4 is 11.9 Å². The molecule has 2 aliphatic rings. The van der Waals surface area contributed by atoms with Crippen LogP contribution in [0.5, 0.6) is 0 Å². The average molecular weight is 318 g/mol. The van der Waals surface area contributed by atoms with Gasteiger partial charge < -0.3 is 14.6 Å². The molecule has 1 aromatic heterocycles. The molecule has 6 nitrogen and oxygen atoms in total. The first-order valence-corrected chi connectivity index (χ1v) is 7.78. The van der Waals surface area contributed by atoms with Crippen molar-refractivity contribution in [2.24, 2.45) is 16.7 Å². The van der Waals surface area contributed by atoms with E-state index in [1.54, 1.807) is 17.9 Å². The van der Waals surface area contributed by atoms with Gasteiger partial charge in [-0.1, -0.05) is 13.8 Å². The number of rotatable bonds is 2. The number of pyridine rings is 1. The molecule has 0 radical (unpaired) electrons. The molecule has 6 heteroatoms. The summed E-state index contributed by atoms with van der Waals surface area (Å²) in [6.07, 6.45) is 0.718. The van der Waals surface area contributed by atoms with Crippen molar-refractivity contribution in [3.8, 4) is 0 Å². The van der Waals surface area contributed by atoms with Crippen LogP contribution < -0.4 is 5.56 Å². The number of nitrogens with zero attached hydrogens (tertiary/aromatic N) is 1. The van der Waals surface area contributed by atoms with Gasteiger partial charge in [0.25, 0.3) is 5.91 Å². The Kier molecular flexibility index (Phi) is 3.39. The Morgan fingerprint density at radius 2 is 2.04 bits per heavy atom. The molecule has 1 N–H and O–H groups in total. The van der Waals surface area contributed by atoms with E-state index < -0.39 is 5.41 Å². The maximum Gasteiger partial charge on any atom is 0.314 e. The highest BCUT2D eigenvalue weighted by atomic mass is 16.5. The van der Waals surface area contributed by atoms with Crippen LogP contribution in [0, 0.1) is 23.7 Å². The standard InChI is InChI=1S/C17H22N2O4/c1-10-5-11(6-13(20)18-10)14(21)19-7-12-16(2,3)8-17(12,9-19)15(22)23-4/h5-6,12H,7-9H2,1-4H3,(H,18,20)/t12-,17+/m1/s1. The summed E-state index contributed by atoms with van der Waals surface area (Å²) in [4.78, 5) is 40.9. The first-order chi connectivity index (χ1) is 10.7. The van der Waals surface area contributed by atoms with E-state index in [0.29, 0.717) is 24.3 Å². The molecule has 0 unspecified atom stereocenters. The smallest absolute Gasteiger partial charge is 0.314 e. The van der Waals surface area contributed by atoms with Crippen molar-refractivity contribution in [2.45, 2.75) is 27.2 Å². The van der Waals surface area contributed by atoms with Crippen molar-refractivity contribution in [3.05, 3.63) is 33.7 Å². The number of hydrogen-bond donors (Lipinski definition) is 1. The third-order valence-electron chi connectivity index (χ3n) is 5.36. The fourth-order valence-corrected chi connectivity index (χ4v) is 4.52. The molecular formula is C17H22N2O4. The zero-order chi connectivity index (χ0) is 17.0. The van der Waals surface area contributed by atoms with Gasteiger partial charge in [-0.3, -0.25) is 14.4 Å². The summed E-state index contributed by atoms with van der Waals surface area (Å²) in [5.41, 5.74) is 0.132. The van der Waals surface area contributed by atoms with Gasteiger partial charge in [-0.25, -0.2) is 0 Å². The Hall–Kier alpha value is -2.11. The Labute approximate surface area is 134 Å². The molecule has 1 saturated carbocycles. The van der Waals surface area contributed by atoms with Crippen molar-refractivity contribution in [1.82, 2.24) is 9.88 Å². The van der Waals surface area contributed by atoms with Gasteiger partial charge in [-0.05, 0) is 30.7 Å². The van der Waals surface area contributed by atoms with E-state index in [1.807, 2.05) is 0 Å². The Morgan fingerprint density at radius 1 is 1.35 bits per heavy atom. The highest BCUT2D eigenvalue weighted by molar-refractivity contribution is 5.95. The molecular weight excluding hydrogens is 296 g/mol. The first-order valence-electron chi connectivity index (χ1n) is 7.78. The van der Waals surface area contributed by atoms with E-state index in [0.717, 1.165) is 6.42 Å². The number of esters is 1. The zero-order valence-corrected chi connectivity index (χ0v) is 13.9. The molecule has 1 aliphatic carbocycles. The Bertz CT molecular complexity index is 736. The summed E-state index contributed by atoms with van der Waals surface area (Å²) in [6.45, 7) is 6.85. The third-order valence-corrected chi connectivity index (χ3v) is 5.36. The molecule has 2 atom stereocenters. The third kappa shape index (κ3) is 2.28. The second-order valence-electron chi connectivity index (χ2n) is 7.47. The molecule has 0 bridgehead atoms. The number of amides is 1. The SMILES string of the molecule is COC(=O)[C@@]12CN(C(=O)c3cc(C)[nH]c(=O)c3)C[C@@H]1C(C)(C)C2. The molecule has 23 heavy (non-hydrogen) atoms. The van der Waals surface area contributed by atoms with Gasteiger partial charge in [-0.15, -0.1) is 0 Å². The highest BCUT2D eigenvalue weighted by Crippen LogP contribution is 2.63. The lowest BCUT2D eigenvalue weighted by atomic mass is 9.48. The molecule has 2 heterocycles. The lowest BCUT2D eigenvalue weighted by molar-refractivity contribution is -0.174. The predicted octanol–water partition coefficient (Wildman–Crippen LogP) is 1.34. The zero-order valence-electron chi connectivity index (χ0n) is 13.9. The van der Waals surface area contributed by atoms with Crippen LogP contribution in [0.3, 0.4) is 0 Å². The molecule has 3 rings (SSSR count). The van der Waals surface area contributed by atoms with Gasteiger partial charge in [0.2, 0.25) is 5.56 Å². The number of hydrogen-bond acceptors (Lipinski definition) is 4. The maximum absolute atomic E-state index is 12.8. The Morgan fingerprint density at radius 3 is 2.61 bits per heavy atom. The lowest BCUT2D eigenvalue weighted by Crippen LogP contribution is -2.57. The minimum atomic E-state index is -0.593. The monoisotopic (exact) mass is 318 g/mol. The normalized spacial score (nSPS) is 28.0. The molecule has 1 saturated heterocycles. The van der Waals surface area contributed by atoms with Gasteiger partial charge >= 0.3 is 5.97 Å². The summed E-state index contributed by atoms with van der Waals surface area (Å²) in [6, 6.07) is 2.98. The van der Waals surface area contributed by atoms with E-state index in [9.17, 15) is 14.4 Å². The van der Waals surface area contributed by atoms with E-state index in [2.05, 4.69) is 18.8 Å². The van der Waals surface area contributed by atoms with E-state index in [4.69, 9.17) is 4.74 Å². The number of methoxy groups -OCH3 is 1. The molecule has 1 aliphatic heterocycles. The van der Waals surface area contributed by atoms with Crippen molar-refractivity contribution in [3.63, 3.8) is 0 Å². The van der Waals surface area contributed by atoms with Crippen LogP contribution in [-0.2, 0) is 9.53 Å². The number of ether oxygens (including phenoxy) is 1. The summed E-state index contributed by atoms with van der Waals surface area (Å²) < 4.78 is 4.99. The fourth-order valence-electron chi connectivity index (χ4n) is 4.52. The number of likely N-dealkylation sites (tertiary alicyclic amines) is 1. The number of fused-ring (bicyclic) bond motifs is 1. The van der Waals surface area contributed by atoms with Crippen LogP contribution in [-0.4, -0.2) is 42.0 Å². The summed E-state index contributed by atoms with van der Waals surface area (Å²) >= 11 is 0. The van der Waals surface area contributed by atoms with E-state index in [1.165, 1.54) is 13.2 Å². The van der Waals surface area contributed by atoms with Crippen molar-refractivity contribution < 1.29 is 14.3 Å². The second kappa shape index (κ2) is 4.94. The van der Waals surface area contributed by atoms with E-state index >= 15 is 0 Å². The molecule has 1 aromatic rings. The van der Waals surface area contributed by atoms with Crippen LogP contribution >= 0.6 is 0 Å². The van der Waals surface area contributed by atoms with Gasteiger partial charge in [0.05, 0.1) is 12.5 Å². The predicted molar refractivity (Wildman–Crippen MR) is 84.0 cm³/mol. The molecule has 124 valence electrons. The number of nitrogens with one attached hydrogen (secondary N) is 1. The topological polar surface area (TPSA) is 79.5 Å². The minimum absolute atomic E-state index is 0.00724. The summed E-state index contributed by atoms with van der Waals surface area (Å²) in [5.74, 6) is -0.346. The van der Waals surface area contributed by atoms with Crippen molar-refractivity contribution in [1.29, 1.82) is 0 Å². The fraction of sp³-hybridized carbons (Fsp3) is 0.588. The van der Waals surface area contributed by atoms with Crippen molar-refractivity contribution in [2.75, 3.05) is 20.2 Å². The Balaban J connectivity index is 1.90. The summed E-state index contributed by atoms with van der Waals surface area (Å²) in [5, 5.41) is 0. The van der Waals surface area contributed by atoms with E-state index in [-0.39, 0.29) is 28.8 Å². The number of aryl methyl sites for hydroxylation is 1. The van der Waals surface area contributed by atoms with Crippen LogP contribution in [0.25, 0.3) is 0 Å². The van der Waals surface area contributed by atoms with Crippen LogP contribution in [0.2, 0.25) is 0 Å². The highest BCUT2D eigenvalue weighted by Gasteiger charge is 2.68. The van der Waals surface area contributed by atoms with Gasteiger partial charge in [-0.2, -0.15) is 0 Å². The minimum Gasteiger partial charge on any atom is -0.469 e. The molecule has 0 spiro atoms. The molecule has 2 fully saturated rings. The first kappa shape index (κ1) is 15.8. The number of aromatic nitrogens is 1. The number of H-pyrrole nitrogens is 1.